The van der Waals surface area contributed by atoms with Crippen LogP contribution in [0, 0.1) is 0 Å². The predicted molar refractivity (Wildman–Crippen MR) is 76.2 cm³/mol. The fourth-order valence-electron chi connectivity index (χ4n) is 2.34. The maximum atomic E-state index is 6.07. The topological polar surface area (TPSA) is 57.0 Å². The minimum atomic E-state index is -0.0159. The van der Waals surface area contributed by atoms with Crippen molar-refractivity contribution >= 4 is 0 Å². The predicted octanol–water partition coefficient (Wildman–Crippen LogP) is 1.66. The number of likely N-dealkylation sites (N-methyl/N-ethyl adjacent to an activating group) is 1. The Morgan fingerprint density at radius 2 is 1.47 bits per heavy atom. The molecule has 0 aromatic heterocycles. The molecule has 0 spiro atoms. The van der Waals surface area contributed by atoms with Crippen molar-refractivity contribution in [3.8, 4) is 17.2 Å². The van der Waals surface area contributed by atoms with Crippen molar-refractivity contribution in [1.82, 2.24) is 4.90 Å². The van der Waals surface area contributed by atoms with Crippen molar-refractivity contribution in [2.24, 2.45) is 5.73 Å². The lowest BCUT2D eigenvalue weighted by Crippen LogP contribution is -2.35. The number of rotatable bonds is 6. The molecule has 5 nitrogen and oxygen atoms in total. The Balaban J connectivity index is 3.36. The van der Waals surface area contributed by atoms with Crippen molar-refractivity contribution in [2.75, 3.05) is 35.4 Å². The van der Waals surface area contributed by atoms with E-state index in [-0.39, 0.29) is 12.1 Å². The van der Waals surface area contributed by atoms with Gasteiger partial charge in [-0.1, -0.05) is 0 Å². The van der Waals surface area contributed by atoms with Gasteiger partial charge in [-0.3, -0.25) is 0 Å². The van der Waals surface area contributed by atoms with Crippen molar-refractivity contribution < 1.29 is 14.2 Å². The fraction of sp³-hybridized carbons (Fsp3) is 0.571. The van der Waals surface area contributed by atoms with E-state index in [4.69, 9.17) is 19.9 Å². The normalized spacial score (nSPS) is 14.1. The SMILES string of the molecule is COc1cc(C(C(C)N)N(C)C)cc(OC)c1OC. The summed E-state index contributed by atoms with van der Waals surface area (Å²) in [6.45, 7) is 1.98. The van der Waals surface area contributed by atoms with Gasteiger partial charge in [0.15, 0.2) is 11.5 Å². The number of hydrogen-bond donors (Lipinski definition) is 1. The number of benzene rings is 1. The number of hydrogen-bond acceptors (Lipinski definition) is 5. The van der Waals surface area contributed by atoms with Gasteiger partial charge >= 0.3 is 0 Å². The maximum Gasteiger partial charge on any atom is 0.203 e. The molecule has 19 heavy (non-hydrogen) atoms. The molecule has 0 radical (unpaired) electrons. The van der Waals surface area contributed by atoms with Crippen LogP contribution in [-0.2, 0) is 0 Å². The first-order valence-corrected chi connectivity index (χ1v) is 6.18. The van der Waals surface area contributed by atoms with E-state index in [1.807, 2.05) is 33.2 Å². The summed E-state index contributed by atoms with van der Waals surface area (Å²) in [5, 5.41) is 0. The molecule has 2 unspecified atom stereocenters. The van der Waals surface area contributed by atoms with Crippen molar-refractivity contribution in [1.29, 1.82) is 0 Å². The summed E-state index contributed by atoms with van der Waals surface area (Å²) in [5.74, 6) is 1.88. The molecule has 0 bridgehead atoms. The minimum absolute atomic E-state index is 0.0159. The standard InChI is InChI=1S/C14H24N2O3/c1-9(15)13(16(2)3)10-7-11(17-4)14(19-6)12(8-10)18-5/h7-9,13H,15H2,1-6H3. The Morgan fingerprint density at radius 3 is 1.74 bits per heavy atom. The van der Waals surface area contributed by atoms with E-state index in [1.54, 1.807) is 21.3 Å². The molecular formula is C14H24N2O3. The molecular weight excluding hydrogens is 244 g/mol. The van der Waals surface area contributed by atoms with Gasteiger partial charge in [0.1, 0.15) is 0 Å². The van der Waals surface area contributed by atoms with E-state index in [1.165, 1.54) is 0 Å². The summed E-state index contributed by atoms with van der Waals surface area (Å²) < 4.78 is 16.0. The highest BCUT2D eigenvalue weighted by atomic mass is 16.5. The summed E-state index contributed by atoms with van der Waals surface area (Å²) in [6, 6.07) is 3.94. The Hall–Kier alpha value is -1.46. The molecule has 1 aromatic carbocycles. The number of methoxy groups -OCH3 is 3. The highest BCUT2D eigenvalue weighted by Crippen LogP contribution is 2.40. The van der Waals surface area contributed by atoms with Gasteiger partial charge < -0.3 is 24.8 Å². The second-order valence-electron chi connectivity index (χ2n) is 4.73. The summed E-state index contributed by atoms with van der Waals surface area (Å²) in [6.07, 6.45) is 0. The Kier molecular flexibility index (Phi) is 5.44. The Bertz CT molecular complexity index is 386. The lowest BCUT2D eigenvalue weighted by molar-refractivity contribution is 0.262. The van der Waals surface area contributed by atoms with Gasteiger partial charge in [-0.15, -0.1) is 0 Å². The summed E-state index contributed by atoms with van der Waals surface area (Å²) in [5.41, 5.74) is 7.11. The molecule has 0 fully saturated rings. The molecule has 0 aliphatic heterocycles. The average molecular weight is 268 g/mol. The van der Waals surface area contributed by atoms with Gasteiger partial charge in [0.25, 0.3) is 0 Å². The molecule has 108 valence electrons. The first-order chi connectivity index (χ1) is 8.96. The van der Waals surface area contributed by atoms with Crippen LogP contribution in [0.25, 0.3) is 0 Å². The van der Waals surface area contributed by atoms with Gasteiger partial charge in [0, 0.05) is 12.1 Å². The van der Waals surface area contributed by atoms with Crippen LogP contribution in [0.1, 0.15) is 18.5 Å². The Labute approximate surface area is 115 Å². The Morgan fingerprint density at radius 1 is 1.00 bits per heavy atom. The van der Waals surface area contributed by atoms with E-state index in [9.17, 15) is 0 Å². The monoisotopic (exact) mass is 268 g/mol. The molecule has 2 N–H and O–H groups in total. The smallest absolute Gasteiger partial charge is 0.203 e. The van der Waals surface area contributed by atoms with Crippen molar-refractivity contribution in [3.05, 3.63) is 17.7 Å². The summed E-state index contributed by atoms with van der Waals surface area (Å²) in [4.78, 5) is 2.07. The van der Waals surface area contributed by atoms with Crippen molar-refractivity contribution in [3.63, 3.8) is 0 Å². The highest BCUT2D eigenvalue weighted by molar-refractivity contribution is 5.54. The van der Waals surface area contributed by atoms with Crippen LogP contribution >= 0.6 is 0 Å². The van der Waals surface area contributed by atoms with E-state index in [2.05, 4.69) is 4.90 Å². The largest absolute Gasteiger partial charge is 0.493 e. The van der Waals surface area contributed by atoms with Crippen LogP contribution in [-0.4, -0.2) is 46.4 Å². The van der Waals surface area contributed by atoms with Gasteiger partial charge in [0.05, 0.1) is 21.3 Å². The van der Waals surface area contributed by atoms with E-state index in [0.717, 1.165) is 5.56 Å². The average Bonchev–Trinajstić information content (AvgIpc) is 2.36. The molecule has 0 saturated heterocycles. The van der Waals surface area contributed by atoms with Crippen LogP contribution < -0.4 is 19.9 Å². The third-order valence-electron chi connectivity index (χ3n) is 3.08. The zero-order valence-electron chi connectivity index (χ0n) is 12.6. The third-order valence-corrected chi connectivity index (χ3v) is 3.08. The zero-order chi connectivity index (χ0) is 14.6. The zero-order valence-corrected chi connectivity index (χ0v) is 12.6. The van der Waals surface area contributed by atoms with Crippen molar-refractivity contribution in [2.45, 2.75) is 19.0 Å². The number of nitrogens with zero attached hydrogens (tertiary/aromatic N) is 1. The quantitative estimate of drug-likeness (QED) is 0.850. The molecule has 0 aliphatic carbocycles. The van der Waals surface area contributed by atoms with Crippen LogP contribution in [0.3, 0.4) is 0 Å². The third kappa shape index (κ3) is 3.30. The van der Waals surface area contributed by atoms with Gasteiger partial charge in [0.2, 0.25) is 5.75 Å². The van der Waals surface area contributed by atoms with E-state index in [0.29, 0.717) is 17.2 Å². The van der Waals surface area contributed by atoms with Crippen LogP contribution in [0.4, 0.5) is 0 Å². The molecule has 0 heterocycles. The van der Waals surface area contributed by atoms with Gasteiger partial charge in [-0.05, 0) is 38.7 Å². The summed E-state index contributed by atoms with van der Waals surface area (Å²) >= 11 is 0. The maximum absolute atomic E-state index is 6.07. The highest BCUT2D eigenvalue weighted by Gasteiger charge is 2.22. The van der Waals surface area contributed by atoms with Crippen LogP contribution in [0.5, 0.6) is 17.2 Å². The second-order valence-corrected chi connectivity index (χ2v) is 4.73. The second kappa shape index (κ2) is 6.63. The molecule has 0 aliphatic rings. The lowest BCUT2D eigenvalue weighted by Gasteiger charge is -2.29. The summed E-state index contributed by atoms with van der Waals surface area (Å²) in [7, 11) is 8.80. The molecule has 0 amide bonds. The van der Waals surface area contributed by atoms with Gasteiger partial charge in [-0.25, -0.2) is 0 Å². The van der Waals surface area contributed by atoms with Crippen LogP contribution in [0.2, 0.25) is 0 Å². The lowest BCUT2D eigenvalue weighted by atomic mass is 9.99. The number of ether oxygens (including phenoxy) is 3. The van der Waals surface area contributed by atoms with E-state index < -0.39 is 0 Å². The van der Waals surface area contributed by atoms with Gasteiger partial charge in [-0.2, -0.15) is 0 Å². The molecule has 2 atom stereocenters. The first kappa shape index (κ1) is 15.6. The molecule has 1 aromatic rings. The fourth-order valence-corrected chi connectivity index (χ4v) is 2.34. The van der Waals surface area contributed by atoms with Crippen LogP contribution in [0.15, 0.2) is 12.1 Å². The first-order valence-electron chi connectivity index (χ1n) is 6.18. The molecule has 5 heteroatoms. The molecule has 1 rings (SSSR count). The number of nitrogens with two attached hydrogens (primary N) is 1. The minimum Gasteiger partial charge on any atom is -0.493 e. The van der Waals surface area contributed by atoms with E-state index >= 15 is 0 Å². The molecule has 0 saturated carbocycles.